The van der Waals surface area contributed by atoms with Gasteiger partial charge < -0.3 is 10.1 Å². The van der Waals surface area contributed by atoms with Crippen molar-refractivity contribution < 1.29 is 5.11 Å². The van der Waals surface area contributed by atoms with Crippen molar-refractivity contribution in [1.82, 2.24) is 19.9 Å². The number of aromatic nitrogens is 3. The predicted molar refractivity (Wildman–Crippen MR) is 91.6 cm³/mol. The number of aryl methyl sites for hydroxylation is 1. The second kappa shape index (κ2) is 6.09. The molecule has 0 aliphatic carbocycles. The van der Waals surface area contributed by atoms with Crippen molar-refractivity contribution in [1.29, 1.82) is 0 Å². The Morgan fingerprint density at radius 1 is 1.25 bits per heavy atom. The van der Waals surface area contributed by atoms with E-state index in [9.17, 15) is 5.11 Å². The molecule has 2 N–H and O–H groups in total. The van der Waals surface area contributed by atoms with E-state index in [0.29, 0.717) is 5.75 Å². The highest BCUT2D eigenvalue weighted by molar-refractivity contribution is 5.37. The third kappa shape index (κ3) is 2.90. The number of hydrogen-bond acceptors (Lipinski definition) is 4. The van der Waals surface area contributed by atoms with Gasteiger partial charge in [0.2, 0.25) is 0 Å². The fourth-order valence-corrected chi connectivity index (χ4v) is 3.37. The van der Waals surface area contributed by atoms with Crippen molar-refractivity contribution in [3.63, 3.8) is 0 Å². The molecule has 5 heteroatoms. The summed E-state index contributed by atoms with van der Waals surface area (Å²) in [6, 6.07) is 11.7. The third-order valence-electron chi connectivity index (χ3n) is 4.56. The fraction of sp³-hybridized carbons (Fsp3) is 0.263. The van der Waals surface area contributed by atoms with Crippen LogP contribution < -0.4 is 0 Å². The highest BCUT2D eigenvalue weighted by Gasteiger charge is 2.29. The summed E-state index contributed by atoms with van der Waals surface area (Å²) in [6.07, 6.45) is 3.71. The average Bonchev–Trinajstić information content (AvgIpc) is 3.05. The maximum Gasteiger partial charge on any atom is 0.115 e. The Labute approximate surface area is 141 Å². The number of benzene rings is 1. The second-order valence-electron chi connectivity index (χ2n) is 6.39. The van der Waals surface area contributed by atoms with E-state index in [1.807, 2.05) is 31.3 Å². The van der Waals surface area contributed by atoms with Gasteiger partial charge in [-0.25, -0.2) is 4.98 Å². The minimum absolute atomic E-state index is 0.158. The van der Waals surface area contributed by atoms with Crippen LogP contribution in [0.25, 0.3) is 0 Å². The van der Waals surface area contributed by atoms with Gasteiger partial charge in [-0.1, -0.05) is 18.2 Å². The molecule has 122 valence electrons. The number of H-pyrrole nitrogens is 1. The molecular weight excluding hydrogens is 300 g/mol. The van der Waals surface area contributed by atoms with Crippen molar-refractivity contribution >= 4 is 0 Å². The van der Waals surface area contributed by atoms with E-state index in [-0.39, 0.29) is 5.92 Å². The maximum absolute atomic E-state index is 9.82. The molecule has 24 heavy (non-hydrogen) atoms. The molecular formula is C19H20N4O. The van der Waals surface area contributed by atoms with Crippen molar-refractivity contribution in [2.45, 2.75) is 25.9 Å². The van der Waals surface area contributed by atoms with Crippen molar-refractivity contribution in [2.24, 2.45) is 0 Å². The molecule has 3 aromatic rings. The van der Waals surface area contributed by atoms with Crippen LogP contribution in [0.4, 0.5) is 0 Å². The molecule has 4 rings (SSSR count). The number of fused-ring (bicyclic) bond motifs is 1. The van der Waals surface area contributed by atoms with Crippen LogP contribution in [0, 0.1) is 6.92 Å². The molecule has 0 radical (unpaired) electrons. The minimum atomic E-state index is 0.158. The molecule has 0 amide bonds. The number of pyridine rings is 1. The molecule has 0 fully saturated rings. The molecule has 1 aliphatic rings. The Kier molecular flexibility index (Phi) is 3.78. The van der Waals surface area contributed by atoms with Gasteiger partial charge in [-0.05, 0) is 36.2 Å². The highest BCUT2D eigenvalue weighted by Crippen LogP contribution is 2.33. The summed E-state index contributed by atoms with van der Waals surface area (Å²) in [5, 5.41) is 9.82. The van der Waals surface area contributed by atoms with Crippen LogP contribution in [0.2, 0.25) is 0 Å². The van der Waals surface area contributed by atoms with E-state index in [0.717, 1.165) is 42.3 Å². The van der Waals surface area contributed by atoms with Crippen LogP contribution in [-0.2, 0) is 13.1 Å². The Hall–Kier alpha value is -2.66. The normalized spacial score (nSPS) is 17.6. The number of phenols is 1. The maximum atomic E-state index is 9.82. The lowest BCUT2D eigenvalue weighted by Crippen LogP contribution is -2.33. The molecule has 2 aromatic heterocycles. The molecule has 1 atom stereocenters. The van der Waals surface area contributed by atoms with Crippen molar-refractivity contribution in [3.05, 3.63) is 77.1 Å². The van der Waals surface area contributed by atoms with E-state index < -0.39 is 0 Å². The highest BCUT2D eigenvalue weighted by atomic mass is 16.3. The third-order valence-corrected chi connectivity index (χ3v) is 4.56. The van der Waals surface area contributed by atoms with E-state index in [2.05, 4.69) is 32.0 Å². The lowest BCUT2D eigenvalue weighted by atomic mass is 9.90. The number of aromatic amines is 1. The number of phenolic OH excluding ortho intramolecular Hbond substituents is 1. The van der Waals surface area contributed by atoms with E-state index >= 15 is 0 Å². The molecule has 1 aliphatic heterocycles. The first-order valence-electron chi connectivity index (χ1n) is 8.14. The minimum Gasteiger partial charge on any atom is -0.508 e. The van der Waals surface area contributed by atoms with Gasteiger partial charge >= 0.3 is 0 Å². The van der Waals surface area contributed by atoms with Gasteiger partial charge in [0.05, 0.1) is 17.7 Å². The topological polar surface area (TPSA) is 65.0 Å². The van der Waals surface area contributed by atoms with Crippen LogP contribution in [0.15, 0.2) is 48.9 Å². The Morgan fingerprint density at radius 2 is 2.17 bits per heavy atom. The van der Waals surface area contributed by atoms with E-state index in [1.165, 1.54) is 5.56 Å². The van der Waals surface area contributed by atoms with Crippen LogP contribution in [0.5, 0.6) is 5.75 Å². The smallest absolute Gasteiger partial charge is 0.115 e. The summed E-state index contributed by atoms with van der Waals surface area (Å²) < 4.78 is 0. The number of imidazole rings is 1. The van der Waals surface area contributed by atoms with Crippen LogP contribution in [-0.4, -0.2) is 31.5 Å². The van der Waals surface area contributed by atoms with Gasteiger partial charge in [-0.2, -0.15) is 0 Å². The average molecular weight is 320 g/mol. The Morgan fingerprint density at radius 3 is 2.96 bits per heavy atom. The van der Waals surface area contributed by atoms with Gasteiger partial charge in [0.25, 0.3) is 0 Å². The lowest BCUT2D eigenvalue weighted by Gasteiger charge is -2.32. The molecule has 0 bridgehead atoms. The summed E-state index contributed by atoms with van der Waals surface area (Å²) in [5.41, 5.74) is 5.56. The molecule has 3 heterocycles. The first kappa shape index (κ1) is 14.9. The zero-order valence-corrected chi connectivity index (χ0v) is 13.6. The van der Waals surface area contributed by atoms with Crippen molar-refractivity contribution in [2.75, 3.05) is 6.54 Å². The first-order chi connectivity index (χ1) is 11.7. The van der Waals surface area contributed by atoms with E-state index in [4.69, 9.17) is 0 Å². The van der Waals surface area contributed by atoms with Gasteiger partial charge in [-0.3, -0.25) is 9.88 Å². The first-order valence-corrected chi connectivity index (χ1v) is 8.14. The van der Waals surface area contributed by atoms with Crippen LogP contribution in [0.3, 0.4) is 0 Å². The predicted octanol–water partition coefficient (Wildman–Crippen LogP) is 2.97. The quantitative estimate of drug-likeness (QED) is 0.779. The molecule has 1 unspecified atom stereocenters. The zero-order chi connectivity index (χ0) is 16.5. The summed E-state index contributed by atoms with van der Waals surface area (Å²) >= 11 is 0. The zero-order valence-electron chi connectivity index (χ0n) is 13.6. The molecule has 0 spiro atoms. The number of nitrogens with one attached hydrogen (secondary N) is 1. The second-order valence-corrected chi connectivity index (χ2v) is 6.39. The van der Waals surface area contributed by atoms with E-state index in [1.54, 1.807) is 12.4 Å². The lowest BCUT2D eigenvalue weighted by molar-refractivity contribution is 0.227. The Balaban J connectivity index is 1.62. The summed E-state index contributed by atoms with van der Waals surface area (Å²) in [4.78, 5) is 14.6. The van der Waals surface area contributed by atoms with Crippen LogP contribution >= 0.6 is 0 Å². The number of rotatable bonds is 3. The number of hydrogen-bond donors (Lipinski definition) is 2. The van der Waals surface area contributed by atoms with Gasteiger partial charge in [0, 0.05) is 37.4 Å². The number of nitrogens with zero attached hydrogens (tertiary/aromatic N) is 3. The van der Waals surface area contributed by atoms with Crippen LogP contribution in [0.1, 0.15) is 34.1 Å². The Bertz CT molecular complexity index is 841. The van der Waals surface area contributed by atoms with Gasteiger partial charge in [0.1, 0.15) is 5.75 Å². The molecule has 0 saturated carbocycles. The summed E-state index contributed by atoms with van der Waals surface area (Å²) in [6.45, 7) is 4.56. The molecule has 5 nitrogen and oxygen atoms in total. The van der Waals surface area contributed by atoms with Gasteiger partial charge in [-0.15, -0.1) is 0 Å². The molecule has 1 aromatic carbocycles. The SMILES string of the molecule is Cc1ccc(CN2Cc3[nH]cnc3C(c3cccc(O)c3)C2)cn1. The number of aromatic hydroxyl groups is 1. The van der Waals surface area contributed by atoms with Crippen molar-refractivity contribution in [3.8, 4) is 5.75 Å². The fourth-order valence-electron chi connectivity index (χ4n) is 3.37. The summed E-state index contributed by atoms with van der Waals surface area (Å²) in [5.74, 6) is 0.454. The van der Waals surface area contributed by atoms with Gasteiger partial charge in [0.15, 0.2) is 0 Å². The monoisotopic (exact) mass is 320 g/mol. The summed E-state index contributed by atoms with van der Waals surface area (Å²) in [7, 11) is 0. The standard InChI is InChI=1S/C19H20N4O/c1-13-5-6-14(8-20-13)9-23-10-17(15-3-2-4-16(24)7-15)19-18(11-23)21-12-22-19/h2-8,12,17,24H,9-11H2,1H3,(H,21,22). The molecule has 0 saturated heterocycles. The largest absolute Gasteiger partial charge is 0.508 e.